The monoisotopic (exact) mass is 392 g/mol. The van der Waals surface area contributed by atoms with Gasteiger partial charge >= 0.3 is 6.09 Å². The van der Waals surface area contributed by atoms with Gasteiger partial charge in [0.2, 0.25) is 5.91 Å². The van der Waals surface area contributed by atoms with E-state index in [1.54, 1.807) is 16.2 Å². The van der Waals surface area contributed by atoms with Crippen molar-refractivity contribution in [3.8, 4) is 0 Å². The smallest absolute Gasteiger partial charge is 0.410 e. The lowest BCUT2D eigenvalue weighted by Gasteiger charge is -2.34. The van der Waals surface area contributed by atoms with Crippen LogP contribution in [-0.2, 0) is 16.0 Å². The Hall–Kier alpha value is -2.09. The molecule has 0 saturated carbocycles. The van der Waals surface area contributed by atoms with E-state index >= 15 is 0 Å². The lowest BCUT2D eigenvalue weighted by atomic mass is 9.95. The molecule has 2 aromatic rings. The Labute approximate surface area is 163 Å². The Morgan fingerprint density at radius 3 is 2.96 bits per heavy atom. The second kappa shape index (κ2) is 8.29. The van der Waals surface area contributed by atoms with Crippen LogP contribution in [0.2, 0.25) is 0 Å². The van der Waals surface area contributed by atoms with E-state index in [0.717, 1.165) is 36.5 Å². The zero-order valence-electron chi connectivity index (χ0n) is 16.2. The van der Waals surface area contributed by atoms with Gasteiger partial charge < -0.3 is 15.0 Å². The number of ether oxygens (including phenoxy) is 1. The maximum atomic E-state index is 12.2. The number of hydrogen-bond donors (Lipinski definition) is 1. The highest BCUT2D eigenvalue weighted by Crippen LogP contribution is 2.21. The summed E-state index contributed by atoms with van der Waals surface area (Å²) in [5, 5.41) is 4.95. The maximum Gasteiger partial charge on any atom is 0.410 e. The van der Waals surface area contributed by atoms with Crippen LogP contribution in [0, 0.1) is 5.92 Å². The van der Waals surface area contributed by atoms with E-state index in [4.69, 9.17) is 4.74 Å². The SMILES string of the molecule is CC(C)(C)OC(=O)N1CCCC(CCNC(=O)Cc2cn3ccsc3n2)C1. The first-order valence-electron chi connectivity index (χ1n) is 9.46. The minimum Gasteiger partial charge on any atom is -0.444 e. The van der Waals surface area contributed by atoms with Gasteiger partial charge in [-0.05, 0) is 46.0 Å². The molecule has 3 heterocycles. The summed E-state index contributed by atoms with van der Waals surface area (Å²) >= 11 is 1.56. The second-order valence-electron chi connectivity index (χ2n) is 8.08. The van der Waals surface area contributed by atoms with E-state index in [9.17, 15) is 9.59 Å². The number of hydrogen-bond acceptors (Lipinski definition) is 5. The molecule has 1 atom stereocenters. The third-order valence-electron chi connectivity index (χ3n) is 4.53. The molecular weight excluding hydrogens is 364 g/mol. The van der Waals surface area contributed by atoms with Crippen molar-refractivity contribution < 1.29 is 14.3 Å². The minimum absolute atomic E-state index is 0.0134. The molecule has 2 amide bonds. The van der Waals surface area contributed by atoms with Gasteiger partial charge in [-0.2, -0.15) is 0 Å². The molecule has 0 aliphatic carbocycles. The molecule has 2 aromatic heterocycles. The Bertz CT molecular complexity index is 764. The highest BCUT2D eigenvalue weighted by Gasteiger charge is 2.27. The molecule has 7 nitrogen and oxygen atoms in total. The topological polar surface area (TPSA) is 75.9 Å². The molecule has 1 aliphatic rings. The molecule has 1 aliphatic heterocycles. The van der Waals surface area contributed by atoms with Crippen molar-refractivity contribution >= 4 is 28.3 Å². The number of nitrogens with zero attached hydrogens (tertiary/aromatic N) is 3. The fourth-order valence-corrected chi connectivity index (χ4v) is 4.02. The van der Waals surface area contributed by atoms with Gasteiger partial charge in [-0.3, -0.25) is 9.20 Å². The molecule has 0 bridgehead atoms. The van der Waals surface area contributed by atoms with Crippen LogP contribution in [-0.4, -0.2) is 51.5 Å². The van der Waals surface area contributed by atoms with Crippen LogP contribution < -0.4 is 5.32 Å². The third kappa shape index (κ3) is 5.69. The number of likely N-dealkylation sites (tertiary alicyclic amines) is 1. The molecule has 0 radical (unpaired) electrons. The molecule has 0 aromatic carbocycles. The Balaban J connectivity index is 1.39. The van der Waals surface area contributed by atoms with Crippen LogP contribution in [0.5, 0.6) is 0 Å². The maximum absolute atomic E-state index is 12.2. The fourth-order valence-electron chi connectivity index (χ4n) is 3.30. The number of carbonyl (C=O) groups is 2. The van der Waals surface area contributed by atoms with E-state index in [2.05, 4.69) is 10.3 Å². The first-order valence-corrected chi connectivity index (χ1v) is 10.3. The summed E-state index contributed by atoms with van der Waals surface area (Å²) in [5.74, 6) is 0.380. The molecule has 27 heavy (non-hydrogen) atoms. The number of piperidine rings is 1. The average Bonchev–Trinajstić information content (AvgIpc) is 3.15. The lowest BCUT2D eigenvalue weighted by Crippen LogP contribution is -2.43. The fraction of sp³-hybridized carbons (Fsp3) is 0.632. The van der Waals surface area contributed by atoms with Gasteiger partial charge in [0.05, 0.1) is 12.1 Å². The summed E-state index contributed by atoms with van der Waals surface area (Å²) < 4.78 is 7.39. The number of fused-ring (bicyclic) bond motifs is 1. The highest BCUT2D eigenvalue weighted by molar-refractivity contribution is 7.15. The first kappa shape index (κ1) is 19.7. The van der Waals surface area contributed by atoms with Gasteiger partial charge in [-0.15, -0.1) is 11.3 Å². The van der Waals surface area contributed by atoms with Gasteiger partial charge in [0, 0.05) is 37.4 Å². The van der Waals surface area contributed by atoms with Gasteiger partial charge in [-0.1, -0.05) is 0 Å². The number of nitrogens with one attached hydrogen (secondary N) is 1. The van der Waals surface area contributed by atoms with Gasteiger partial charge in [-0.25, -0.2) is 9.78 Å². The van der Waals surface area contributed by atoms with Gasteiger partial charge in [0.15, 0.2) is 4.96 Å². The predicted molar refractivity (Wildman–Crippen MR) is 105 cm³/mol. The van der Waals surface area contributed by atoms with Crippen molar-refractivity contribution in [1.29, 1.82) is 0 Å². The second-order valence-corrected chi connectivity index (χ2v) is 8.95. The Morgan fingerprint density at radius 1 is 1.41 bits per heavy atom. The predicted octanol–water partition coefficient (Wildman–Crippen LogP) is 3.09. The summed E-state index contributed by atoms with van der Waals surface area (Å²) in [6.07, 6.45) is 6.80. The first-order chi connectivity index (χ1) is 12.8. The van der Waals surface area contributed by atoms with Crippen LogP contribution >= 0.6 is 11.3 Å². The number of rotatable bonds is 5. The Kier molecular flexibility index (Phi) is 6.04. The molecule has 148 valence electrons. The number of carbonyl (C=O) groups excluding carboxylic acids is 2. The molecule has 1 N–H and O–H groups in total. The summed E-state index contributed by atoms with van der Waals surface area (Å²) in [5.41, 5.74) is 0.313. The van der Waals surface area contributed by atoms with Crippen molar-refractivity contribution in [2.45, 2.75) is 52.1 Å². The quantitative estimate of drug-likeness (QED) is 0.848. The standard InChI is InChI=1S/C19H28N4O3S/c1-19(2,3)26-18(25)23-8-4-5-14(12-23)6-7-20-16(24)11-15-13-22-9-10-27-17(22)21-15/h9-10,13-14H,4-8,11-12H2,1-3H3,(H,20,24). The molecule has 1 fully saturated rings. The summed E-state index contributed by atoms with van der Waals surface area (Å²) in [4.78, 5) is 31.5. The highest BCUT2D eigenvalue weighted by atomic mass is 32.1. The summed E-state index contributed by atoms with van der Waals surface area (Å²) in [7, 11) is 0. The Morgan fingerprint density at radius 2 is 2.22 bits per heavy atom. The van der Waals surface area contributed by atoms with Gasteiger partial charge in [0.25, 0.3) is 0 Å². The molecule has 0 spiro atoms. The summed E-state index contributed by atoms with van der Waals surface area (Å²) in [6, 6.07) is 0. The summed E-state index contributed by atoms with van der Waals surface area (Å²) in [6.45, 7) is 7.70. The molecule has 1 unspecified atom stereocenters. The van der Waals surface area contributed by atoms with E-state index in [1.165, 1.54) is 0 Å². The molecule has 8 heteroatoms. The lowest BCUT2D eigenvalue weighted by molar-refractivity contribution is -0.120. The van der Waals surface area contributed by atoms with Crippen molar-refractivity contribution in [3.05, 3.63) is 23.5 Å². The molecular formula is C19H28N4O3S. The minimum atomic E-state index is -0.473. The van der Waals surface area contributed by atoms with Crippen LogP contribution in [0.25, 0.3) is 4.96 Å². The largest absolute Gasteiger partial charge is 0.444 e. The van der Waals surface area contributed by atoms with E-state index in [1.807, 2.05) is 42.9 Å². The van der Waals surface area contributed by atoms with Crippen molar-refractivity contribution in [2.75, 3.05) is 19.6 Å². The van der Waals surface area contributed by atoms with Gasteiger partial charge in [0.1, 0.15) is 5.60 Å². The van der Waals surface area contributed by atoms with Crippen LogP contribution in [0.3, 0.4) is 0 Å². The molecule has 1 saturated heterocycles. The number of thiazole rings is 1. The normalized spacial score (nSPS) is 17.9. The molecule has 3 rings (SSSR count). The zero-order valence-corrected chi connectivity index (χ0v) is 17.1. The number of aromatic nitrogens is 2. The van der Waals surface area contributed by atoms with E-state index in [0.29, 0.717) is 25.4 Å². The average molecular weight is 393 g/mol. The van der Waals surface area contributed by atoms with Crippen LogP contribution in [0.1, 0.15) is 45.7 Å². The zero-order chi connectivity index (χ0) is 19.4. The number of amides is 2. The van der Waals surface area contributed by atoms with E-state index < -0.39 is 5.60 Å². The van der Waals surface area contributed by atoms with Crippen LogP contribution in [0.15, 0.2) is 17.8 Å². The number of imidazole rings is 1. The van der Waals surface area contributed by atoms with Crippen molar-refractivity contribution in [1.82, 2.24) is 19.6 Å². The van der Waals surface area contributed by atoms with Crippen molar-refractivity contribution in [2.24, 2.45) is 5.92 Å². The van der Waals surface area contributed by atoms with E-state index in [-0.39, 0.29) is 12.0 Å². The third-order valence-corrected chi connectivity index (χ3v) is 5.30. The van der Waals surface area contributed by atoms with Crippen molar-refractivity contribution in [3.63, 3.8) is 0 Å². The van der Waals surface area contributed by atoms with Crippen LogP contribution in [0.4, 0.5) is 4.79 Å².